The fraction of sp³-hybridized carbons (Fsp3) is 0.417. The molecule has 0 aromatic heterocycles. The average Bonchev–Trinajstić information content (AvgIpc) is 3.22. The number of ether oxygens (including phenoxy) is 2. The maximum Gasteiger partial charge on any atom is 0.119 e. The predicted octanol–water partition coefficient (Wildman–Crippen LogP) is 6.41. The molecule has 0 atom stereocenters. The summed E-state index contributed by atoms with van der Waals surface area (Å²) in [6.07, 6.45) is 14.0. The summed E-state index contributed by atoms with van der Waals surface area (Å²) >= 11 is 0. The van der Waals surface area contributed by atoms with Gasteiger partial charge in [0.15, 0.2) is 0 Å². The van der Waals surface area contributed by atoms with E-state index in [1.807, 2.05) is 55.5 Å². The molecule has 1 aliphatic rings. The Bertz CT molecular complexity index is 601. The van der Waals surface area contributed by atoms with E-state index in [2.05, 4.69) is 52.1 Å². The van der Waals surface area contributed by atoms with Gasteiger partial charge < -0.3 is 9.47 Å². The molecule has 0 saturated carbocycles. The minimum absolute atomic E-state index is 0. The van der Waals surface area contributed by atoms with Gasteiger partial charge in [-0.1, -0.05) is 52.1 Å². The average molecular weight is 433 g/mol. The summed E-state index contributed by atoms with van der Waals surface area (Å²) < 4.78 is 11.1. The van der Waals surface area contributed by atoms with Crippen molar-refractivity contribution in [1.29, 1.82) is 0 Å². The molecule has 1 aliphatic carbocycles. The molecule has 0 aliphatic heterocycles. The number of hydrogen-bond acceptors (Lipinski definition) is 2. The maximum atomic E-state index is 5.83. The summed E-state index contributed by atoms with van der Waals surface area (Å²) in [6.45, 7) is 13.5. The second-order valence-corrected chi connectivity index (χ2v) is 8.15. The van der Waals surface area contributed by atoms with Crippen LogP contribution in [0.25, 0.3) is 0 Å². The Morgan fingerprint density at radius 3 is 2.14 bits per heavy atom. The van der Waals surface area contributed by atoms with Gasteiger partial charge in [-0.3, -0.25) is 6.08 Å². The summed E-state index contributed by atoms with van der Waals surface area (Å²) in [5.74, 6) is 1.75. The molecule has 0 heterocycles. The van der Waals surface area contributed by atoms with Crippen LogP contribution in [0.2, 0.25) is 13.1 Å². The van der Waals surface area contributed by atoms with Crippen LogP contribution in [-0.4, -0.2) is 23.2 Å². The minimum atomic E-state index is 0. The minimum Gasteiger partial charge on any atom is -0.497 e. The molecule has 1 radical (unpaired) electrons. The molecule has 28 heavy (non-hydrogen) atoms. The van der Waals surface area contributed by atoms with Crippen LogP contribution < -0.4 is 4.74 Å². The van der Waals surface area contributed by atoms with Crippen molar-refractivity contribution in [2.24, 2.45) is 5.41 Å². The van der Waals surface area contributed by atoms with Crippen molar-refractivity contribution in [2.75, 3.05) is 13.7 Å². The van der Waals surface area contributed by atoms with Gasteiger partial charge in [0, 0.05) is 31.2 Å². The number of hydrogen-bond donors (Lipinski definition) is 0. The first-order valence-corrected chi connectivity index (χ1v) is 11.7. The van der Waals surface area contributed by atoms with Crippen LogP contribution in [0.3, 0.4) is 0 Å². The monoisotopic (exact) mass is 432 g/mol. The summed E-state index contributed by atoms with van der Waals surface area (Å²) in [4.78, 5) is 0. The number of benzene rings is 1. The molecule has 2 nitrogen and oxygen atoms in total. The molecule has 0 bridgehead atoms. The number of methoxy groups -OCH3 is 1. The second kappa shape index (κ2) is 17.8. The first-order valence-electron chi connectivity index (χ1n) is 9.43. The molecular weight excluding hydrogens is 396 g/mol. The first-order chi connectivity index (χ1) is 12.9. The predicted molar refractivity (Wildman–Crippen MR) is 121 cm³/mol. The third kappa shape index (κ3) is 14.7. The van der Waals surface area contributed by atoms with Crippen LogP contribution in [0.4, 0.5) is 0 Å². The van der Waals surface area contributed by atoms with Crippen molar-refractivity contribution in [3.63, 3.8) is 0 Å². The molecule has 4 heteroatoms. The summed E-state index contributed by atoms with van der Waals surface area (Å²) in [6, 6.07) is 9.86. The number of para-hydroxylation sites is 1. The Labute approximate surface area is 190 Å². The molecule has 153 valence electrons. The van der Waals surface area contributed by atoms with Crippen LogP contribution in [0.1, 0.15) is 34.1 Å². The largest absolute Gasteiger partial charge is 0.497 e. The van der Waals surface area contributed by atoms with E-state index in [-0.39, 0.29) is 27.1 Å². The van der Waals surface area contributed by atoms with Crippen molar-refractivity contribution >= 4 is 9.52 Å². The zero-order chi connectivity index (χ0) is 20.5. The van der Waals surface area contributed by atoms with Crippen molar-refractivity contribution in [3.8, 4) is 5.75 Å². The zero-order valence-corrected chi connectivity index (χ0v) is 21.3. The van der Waals surface area contributed by atoms with Crippen LogP contribution >= 0.6 is 0 Å². The molecule has 0 fully saturated rings. The van der Waals surface area contributed by atoms with E-state index in [4.69, 9.17) is 9.47 Å². The topological polar surface area (TPSA) is 18.5 Å². The van der Waals surface area contributed by atoms with Gasteiger partial charge in [0.1, 0.15) is 18.1 Å². The standard InChI is InChI=1S/C17H24O2.C5H5.C2H7Si.Ti/c1-6-15(18-5)12-14(17(2,3)4)13-19-16-10-8-7-9-11-16;1-2-4-5-3-1;1-3-2;/h6-12H,13H2,1-5H3;1-3H,4H2;3H,1-2H3;/q;-1;;. The van der Waals surface area contributed by atoms with Gasteiger partial charge in [-0.05, 0) is 42.2 Å². The molecule has 0 N–H and O–H groups in total. The van der Waals surface area contributed by atoms with Crippen LogP contribution in [0, 0.1) is 11.5 Å². The third-order valence-corrected chi connectivity index (χ3v) is 3.52. The van der Waals surface area contributed by atoms with Gasteiger partial charge in [0.25, 0.3) is 0 Å². The van der Waals surface area contributed by atoms with Gasteiger partial charge in [0.05, 0.1) is 7.11 Å². The fourth-order valence-corrected chi connectivity index (χ4v) is 1.92. The van der Waals surface area contributed by atoms with E-state index in [0.29, 0.717) is 6.61 Å². The molecule has 0 saturated heterocycles. The van der Waals surface area contributed by atoms with Crippen molar-refractivity contribution in [1.82, 2.24) is 0 Å². The first kappa shape index (κ1) is 28.9. The Morgan fingerprint density at radius 2 is 1.79 bits per heavy atom. The Balaban J connectivity index is 0. The van der Waals surface area contributed by atoms with Crippen LogP contribution in [0.15, 0.2) is 72.0 Å². The van der Waals surface area contributed by atoms with Crippen molar-refractivity contribution in [3.05, 3.63) is 78.1 Å². The molecule has 1 aromatic rings. The third-order valence-electron chi connectivity index (χ3n) is 3.52. The quantitative estimate of drug-likeness (QED) is 0.232. The maximum absolute atomic E-state index is 5.83. The van der Waals surface area contributed by atoms with E-state index in [9.17, 15) is 0 Å². The zero-order valence-electron chi connectivity index (χ0n) is 18.6. The van der Waals surface area contributed by atoms with E-state index in [1.54, 1.807) is 7.11 Å². The Hall–Kier alpha value is -1.29. The van der Waals surface area contributed by atoms with Crippen molar-refractivity contribution < 1.29 is 31.2 Å². The number of allylic oxidation sites excluding steroid dienone is 6. The molecule has 0 amide bonds. The van der Waals surface area contributed by atoms with E-state index in [1.165, 1.54) is 5.57 Å². The molecule has 2 rings (SSSR count). The van der Waals surface area contributed by atoms with Gasteiger partial charge in [-0.25, -0.2) is 12.2 Å². The smallest absolute Gasteiger partial charge is 0.119 e. The molecule has 1 aromatic carbocycles. The molecule has 0 spiro atoms. The van der Waals surface area contributed by atoms with Gasteiger partial charge in [-0.15, -0.1) is 6.42 Å². The van der Waals surface area contributed by atoms with Gasteiger partial charge in [0.2, 0.25) is 0 Å². The normalized spacial score (nSPS) is 12.8. The van der Waals surface area contributed by atoms with Gasteiger partial charge >= 0.3 is 0 Å². The molecule has 0 unspecified atom stereocenters. The Morgan fingerprint density at radius 1 is 1.18 bits per heavy atom. The van der Waals surface area contributed by atoms with Crippen molar-refractivity contribution in [2.45, 2.75) is 47.2 Å². The van der Waals surface area contributed by atoms with E-state index >= 15 is 0 Å². The van der Waals surface area contributed by atoms with Crippen LogP contribution in [0.5, 0.6) is 5.75 Å². The van der Waals surface area contributed by atoms with Gasteiger partial charge in [-0.2, -0.15) is 6.08 Å². The molecular formula is C24H36O2SiTi-. The number of rotatable bonds is 5. The van der Waals surface area contributed by atoms with Crippen LogP contribution in [-0.2, 0) is 26.5 Å². The van der Waals surface area contributed by atoms with E-state index in [0.717, 1.165) is 27.4 Å². The SMILES string of the molecule is CC=C(C=C(COc1ccccc1)C(C)(C)C)OC.C[SiH]C.[C-]1=CC=CC1.[Ti]. The fourth-order valence-electron chi connectivity index (χ4n) is 1.92. The summed E-state index contributed by atoms with van der Waals surface area (Å²) in [5, 5.41) is 0. The van der Waals surface area contributed by atoms with E-state index < -0.39 is 0 Å². The Kier molecular flexibility index (Phi) is 18.4. The summed E-state index contributed by atoms with van der Waals surface area (Å²) in [5.41, 5.74) is 1.24. The second-order valence-electron chi connectivity index (χ2n) is 7.00. The summed E-state index contributed by atoms with van der Waals surface area (Å²) in [7, 11) is 2.43.